The summed E-state index contributed by atoms with van der Waals surface area (Å²) in [6.45, 7) is 2.56. The predicted octanol–water partition coefficient (Wildman–Crippen LogP) is 3.62. The second-order valence-electron chi connectivity index (χ2n) is 8.06. The fourth-order valence-electron chi connectivity index (χ4n) is 4.14. The molecule has 1 aliphatic carbocycles. The molecule has 0 unspecified atom stereocenters. The number of amides is 1. The summed E-state index contributed by atoms with van der Waals surface area (Å²) in [6, 6.07) is 8.01. The Morgan fingerprint density at radius 2 is 2.00 bits per heavy atom. The largest absolute Gasteiger partial charge is 0.481 e. The molecule has 3 N–H and O–H groups in total. The first kappa shape index (κ1) is 22.5. The Labute approximate surface area is 182 Å². The number of benzene rings is 1. The zero-order valence-corrected chi connectivity index (χ0v) is 18.1. The normalized spacial score (nSPS) is 16.2. The number of carbonyl (C=O) groups excluding carboxylic acids is 1. The molecule has 1 aromatic heterocycles. The van der Waals surface area contributed by atoms with Crippen molar-refractivity contribution in [1.82, 2.24) is 9.97 Å². The standard InChI is InChI=1S/C15H16N4O2.C8H14O2/c1-9-4-3-5-10(8-9)19-7-6-11-12(14(19)20)13(16)18-15(17-11)21-2;9-8(10)6-7-4-2-1-3-5-7/h3-5,8H,6-7H2,1-2H3,(H2,16,17,18);7H,1-6H2,(H,9,10). The minimum atomic E-state index is -0.632. The van der Waals surface area contributed by atoms with Crippen LogP contribution >= 0.6 is 0 Å². The molecule has 2 aromatic rings. The molecule has 166 valence electrons. The molecule has 1 aromatic carbocycles. The Morgan fingerprint density at radius 1 is 1.26 bits per heavy atom. The minimum Gasteiger partial charge on any atom is -0.481 e. The first-order valence-corrected chi connectivity index (χ1v) is 10.7. The average Bonchev–Trinajstić information content (AvgIpc) is 2.74. The number of carboxylic acid groups (broad SMARTS) is 1. The molecule has 2 heterocycles. The van der Waals surface area contributed by atoms with E-state index in [9.17, 15) is 9.59 Å². The third kappa shape index (κ3) is 5.71. The summed E-state index contributed by atoms with van der Waals surface area (Å²) < 4.78 is 5.00. The maximum Gasteiger partial charge on any atom is 0.318 e. The molecular formula is C23H30N4O4. The topological polar surface area (TPSA) is 119 Å². The van der Waals surface area contributed by atoms with E-state index >= 15 is 0 Å². The SMILES string of the molecule is COc1nc(N)c2c(n1)CCN(c1cccc(C)c1)C2=O.O=C(O)CC1CCCCC1. The van der Waals surface area contributed by atoms with Gasteiger partial charge in [0.15, 0.2) is 0 Å². The Hall–Kier alpha value is -3.16. The molecule has 1 fully saturated rings. The van der Waals surface area contributed by atoms with Crippen molar-refractivity contribution in [2.45, 2.75) is 51.9 Å². The summed E-state index contributed by atoms with van der Waals surface area (Å²) in [5.41, 5.74) is 8.89. The highest BCUT2D eigenvalue weighted by molar-refractivity contribution is 6.10. The highest BCUT2D eigenvalue weighted by Crippen LogP contribution is 2.28. The number of rotatable bonds is 4. The number of aliphatic carboxylic acids is 1. The molecule has 8 heteroatoms. The Kier molecular flexibility index (Phi) is 7.44. The molecule has 8 nitrogen and oxygen atoms in total. The van der Waals surface area contributed by atoms with Gasteiger partial charge in [0.05, 0.1) is 12.8 Å². The van der Waals surface area contributed by atoms with Crippen LogP contribution in [0.25, 0.3) is 0 Å². The number of ether oxygens (including phenoxy) is 1. The van der Waals surface area contributed by atoms with Gasteiger partial charge in [-0.1, -0.05) is 31.4 Å². The lowest BCUT2D eigenvalue weighted by Gasteiger charge is -2.28. The molecular weight excluding hydrogens is 396 g/mol. The molecule has 0 radical (unpaired) electrons. The summed E-state index contributed by atoms with van der Waals surface area (Å²) in [5.74, 6) is -0.153. The molecule has 1 aliphatic heterocycles. The van der Waals surface area contributed by atoms with Crippen molar-refractivity contribution >= 4 is 23.4 Å². The van der Waals surface area contributed by atoms with E-state index in [0.717, 1.165) is 24.1 Å². The number of nitrogens with zero attached hydrogens (tertiary/aromatic N) is 3. The number of hydrogen-bond donors (Lipinski definition) is 2. The van der Waals surface area contributed by atoms with Crippen LogP contribution in [-0.2, 0) is 11.2 Å². The highest BCUT2D eigenvalue weighted by Gasteiger charge is 2.30. The average molecular weight is 427 g/mol. The third-order valence-electron chi connectivity index (χ3n) is 5.71. The summed E-state index contributed by atoms with van der Waals surface area (Å²) >= 11 is 0. The van der Waals surface area contributed by atoms with Crippen LogP contribution in [0, 0.1) is 12.8 Å². The van der Waals surface area contributed by atoms with E-state index in [1.54, 1.807) is 4.90 Å². The lowest BCUT2D eigenvalue weighted by atomic mass is 9.87. The fourth-order valence-corrected chi connectivity index (χ4v) is 4.14. The number of fused-ring (bicyclic) bond motifs is 1. The molecule has 4 rings (SSSR count). The van der Waals surface area contributed by atoms with Crippen molar-refractivity contribution in [3.63, 3.8) is 0 Å². The maximum absolute atomic E-state index is 12.7. The Balaban J connectivity index is 0.000000229. The van der Waals surface area contributed by atoms with Gasteiger partial charge < -0.3 is 20.5 Å². The van der Waals surface area contributed by atoms with Crippen molar-refractivity contribution in [1.29, 1.82) is 0 Å². The molecule has 0 spiro atoms. The van der Waals surface area contributed by atoms with Crippen molar-refractivity contribution in [2.24, 2.45) is 5.92 Å². The van der Waals surface area contributed by atoms with Crippen molar-refractivity contribution in [3.05, 3.63) is 41.1 Å². The predicted molar refractivity (Wildman–Crippen MR) is 118 cm³/mol. The first-order chi connectivity index (χ1) is 14.9. The van der Waals surface area contributed by atoms with Gasteiger partial charge in [-0.05, 0) is 43.4 Å². The Morgan fingerprint density at radius 3 is 2.65 bits per heavy atom. The number of anilines is 2. The van der Waals surface area contributed by atoms with Crippen LogP contribution in [0.4, 0.5) is 11.5 Å². The van der Waals surface area contributed by atoms with Crippen LogP contribution in [0.2, 0.25) is 0 Å². The van der Waals surface area contributed by atoms with E-state index in [1.807, 2.05) is 31.2 Å². The number of hydrogen-bond acceptors (Lipinski definition) is 6. The zero-order chi connectivity index (χ0) is 22.4. The van der Waals surface area contributed by atoms with Gasteiger partial charge in [-0.2, -0.15) is 9.97 Å². The lowest BCUT2D eigenvalue weighted by Crippen LogP contribution is -2.39. The van der Waals surface area contributed by atoms with Gasteiger partial charge in [0.2, 0.25) is 0 Å². The number of nitrogen functional groups attached to an aromatic ring is 1. The van der Waals surface area contributed by atoms with Crippen LogP contribution < -0.4 is 15.4 Å². The number of nitrogens with two attached hydrogens (primary N) is 1. The number of aryl methyl sites for hydroxylation is 1. The molecule has 1 saturated carbocycles. The van der Waals surface area contributed by atoms with E-state index in [4.69, 9.17) is 15.6 Å². The molecule has 1 amide bonds. The van der Waals surface area contributed by atoms with Crippen LogP contribution in [0.1, 0.15) is 60.1 Å². The molecule has 0 saturated heterocycles. The van der Waals surface area contributed by atoms with Gasteiger partial charge >= 0.3 is 12.0 Å². The maximum atomic E-state index is 12.7. The second kappa shape index (κ2) is 10.2. The molecule has 0 atom stereocenters. The van der Waals surface area contributed by atoms with Crippen molar-refractivity contribution < 1.29 is 19.4 Å². The summed E-state index contributed by atoms with van der Waals surface area (Å²) in [6.07, 6.45) is 7.04. The van der Waals surface area contributed by atoms with E-state index in [2.05, 4.69) is 9.97 Å². The van der Waals surface area contributed by atoms with E-state index in [-0.39, 0.29) is 17.7 Å². The fraction of sp³-hybridized carbons (Fsp3) is 0.478. The van der Waals surface area contributed by atoms with Crippen LogP contribution in [-0.4, -0.2) is 40.6 Å². The number of methoxy groups -OCH3 is 1. The van der Waals surface area contributed by atoms with E-state index < -0.39 is 5.97 Å². The third-order valence-corrected chi connectivity index (χ3v) is 5.71. The number of aromatic nitrogens is 2. The minimum absolute atomic E-state index is 0.165. The molecule has 2 aliphatic rings. The van der Waals surface area contributed by atoms with Crippen molar-refractivity contribution in [3.8, 4) is 6.01 Å². The summed E-state index contributed by atoms with van der Waals surface area (Å²) in [7, 11) is 1.48. The highest BCUT2D eigenvalue weighted by atomic mass is 16.5. The van der Waals surface area contributed by atoms with E-state index in [0.29, 0.717) is 36.6 Å². The Bertz CT molecular complexity index is 941. The molecule has 0 bridgehead atoms. The zero-order valence-electron chi connectivity index (χ0n) is 18.1. The summed E-state index contributed by atoms with van der Waals surface area (Å²) in [4.78, 5) is 32.9. The smallest absolute Gasteiger partial charge is 0.318 e. The second-order valence-corrected chi connectivity index (χ2v) is 8.06. The number of carbonyl (C=O) groups is 2. The molecule has 31 heavy (non-hydrogen) atoms. The van der Waals surface area contributed by atoms with Crippen molar-refractivity contribution in [2.75, 3.05) is 24.3 Å². The van der Waals surface area contributed by atoms with Gasteiger partial charge in [0, 0.05) is 25.1 Å². The monoisotopic (exact) mass is 426 g/mol. The van der Waals surface area contributed by atoms with Gasteiger partial charge in [0.25, 0.3) is 5.91 Å². The van der Waals surface area contributed by atoms with Crippen LogP contribution in [0.5, 0.6) is 6.01 Å². The summed E-state index contributed by atoms with van der Waals surface area (Å²) in [5, 5.41) is 8.47. The lowest BCUT2D eigenvalue weighted by molar-refractivity contribution is -0.138. The number of carboxylic acids is 1. The van der Waals surface area contributed by atoms with Gasteiger partial charge in [0.1, 0.15) is 11.4 Å². The van der Waals surface area contributed by atoms with Crippen LogP contribution in [0.3, 0.4) is 0 Å². The van der Waals surface area contributed by atoms with Crippen LogP contribution in [0.15, 0.2) is 24.3 Å². The quantitative estimate of drug-likeness (QED) is 0.766. The van der Waals surface area contributed by atoms with Gasteiger partial charge in [-0.3, -0.25) is 9.59 Å². The van der Waals surface area contributed by atoms with Gasteiger partial charge in [-0.15, -0.1) is 0 Å². The van der Waals surface area contributed by atoms with E-state index in [1.165, 1.54) is 26.4 Å². The van der Waals surface area contributed by atoms with Gasteiger partial charge in [-0.25, -0.2) is 0 Å². The first-order valence-electron chi connectivity index (χ1n) is 10.7.